The van der Waals surface area contributed by atoms with Crippen LogP contribution in [0.1, 0.15) is 25.3 Å². The van der Waals surface area contributed by atoms with E-state index in [0.717, 1.165) is 29.9 Å². The lowest BCUT2D eigenvalue weighted by Crippen LogP contribution is -2.34. The minimum absolute atomic E-state index is 0.227. The summed E-state index contributed by atoms with van der Waals surface area (Å²) in [6.45, 7) is 2.81. The zero-order valence-corrected chi connectivity index (χ0v) is 10.8. The molecule has 0 spiro atoms. The Morgan fingerprint density at radius 1 is 1.26 bits per heavy atom. The van der Waals surface area contributed by atoms with Gasteiger partial charge in [0.25, 0.3) is 5.91 Å². The molecule has 0 bridgehead atoms. The van der Waals surface area contributed by atoms with Crippen LogP contribution in [0.2, 0.25) is 0 Å². The second kappa shape index (κ2) is 4.51. The van der Waals surface area contributed by atoms with Crippen LogP contribution in [-0.4, -0.2) is 19.1 Å². The Balaban J connectivity index is 1.85. The van der Waals surface area contributed by atoms with Gasteiger partial charge >= 0.3 is 0 Å². The summed E-state index contributed by atoms with van der Waals surface area (Å²) in [6.07, 6.45) is 1.87. The first kappa shape index (κ1) is 11.9. The molecule has 0 unspecified atom stereocenters. The van der Waals surface area contributed by atoms with Gasteiger partial charge in [-0.1, -0.05) is 12.0 Å². The summed E-state index contributed by atoms with van der Waals surface area (Å²) in [5.74, 6) is 6.43. The molecule has 0 saturated heterocycles. The molecule has 1 N–H and O–H groups in total. The highest BCUT2D eigenvalue weighted by Crippen LogP contribution is 2.47. The van der Waals surface area contributed by atoms with E-state index in [-0.39, 0.29) is 11.4 Å². The molecule has 19 heavy (non-hydrogen) atoms. The molecule has 0 radical (unpaired) electrons. The Morgan fingerprint density at radius 3 is 2.68 bits per heavy atom. The Morgan fingerprint density at radius 2 is 2.00 bits per heavy atom. The van der Waals surface area contributed by atoms with Crippen LogP contribution in [0, 0.1) is 11.8 Å². The van der Waals surface area contributed by atoms with Gasteiger partial charge in [0.2, 0.25) is 0 Å². The van der Waals surface area contributed by atoms with E-state index in [0.29, 0.717) is 13.2 Å². The van der Waals surface area contributed by atoms with Crippen molar-refractivity contribution in [2.45, 2.75) is 25.3 Å². The van der Waals surface area contributed by atoms with Crippen LogP contribution in [0.25, 0.3) is 0 Å². The zero-order chi connectivity index (χ0) is 13.3. The number of hydrogen-bond acceptors (Lipinski definition) is 3. The topological polar surface area (TPSA) is 47.6 Å². The third-order valence-corrected chi connectivity index (χ3v) is 3.44. The lowest BCUT2D eigenvalue weighted by molar-refractivity contribution is -0.116. The maximum atomic E-state index is 11.6. The van der Waals surface area contributed by atoms with Crippen molar-refractivity contribution in [1.82, 2.24) is 5.32 Å². The van der Waals surface area contributed by atoms with Crippen molar-refractivity contribution in [1.29, 1.82) is 0 Å². The number of rotatable bonds is 2. The van der Waals surface area contributed by atoms with Crippen molar-refractivity contribution in [2.24, 2.45) is 0 Å². The number of carbonyl (C=O) groups is 1. The number of amides is 1. The van der Waals surface area contributed by atoms with Crippen molar-refractivity contribution in [2.75, 3.05) is 13.2 Å². The molecule has 1 fully saturated rings. The monoisotopic (exact) mass is 257 g/mol. The molecule has 2 aliphatic rings. The van der Waals surface area contributed by atoms with Gasteiger partial charge in [-0.2, -0.15) is 0 Å². The lowest BCUT2D eigenvalue weighted by Gasteiger charge is -2.22. The molecule has 0 atom stereocenters. The fraction of sp³-hybridized carbons (Fsp3) is 0.400. The predicted octanol–water partition coefficient (Wildman–Crippen LogP) is 1.59. The first-order valence-corrected chi connectivity index (χ1v) is 6.38. The van der Waals surface area contributed by atoms with Crippen molar-refractivity contribution >= 4 is 5.91 Å². The largest absolute Gasteiger partial charge is 0.486 e. The Kier molecular flexibility index (Phi) is 2.83. The summed E-state index contributed by atoms with van der Waals surface area (Å²) in [6, 6.07) is 5.85. The molecular weight excluding hydrogens is 242 g/mol. The van der Waals surface area contributed by atoms with Gasteiger partial charge in [-0.15, -0.1) is 0 Å². The van der Waals surface area contributed by atoms with E-state index in [9.17, 15) is 4.79 Å². The molecule has 1 heterocycles. The standard InChI is InChI=1S/C15H15NO3/c1-2-3-14(17)16-15(6-7-15)11-4-5-12-13(10-11)19-9-8-18-12/h4-5,10H,6-9H2,1H3,(H,16,17). The minimum atomic E-state index is -0.267. The van der Waals surface area contributed by atoms with Crippen molar-refractivity contribution in [3.63, 3.8) is 0 Å². The first-order valence-electron chi connectivity index (χ1n) is 6.38. The van der Waals surface area contributed by atoms with Crippen molar-refractivity contribution in [3.05, 3.63) is 23.8 Å². The molecule has 4 heteroatoms. The second-order valence-corrected chi connectivity index (χ2v) is 4.77. The summed E-state index contributed by atoms with van der Waals surface area (Å²) in [4.78, 5) is 11.6. The number of hydrogen-bond donors (Lipinski definition) is 1. The first-order chi connectivity index (χ1) is 9.23. The van der Waals surface area contributed by atoms with Gasteiger partial charge in [0.1, 0.15) is 13.2 Å². The van der Waals surface area contributed by atoms with Gasteiger partial charge < -0.3 is 14.8 Å². The lowest BCUT2D eigenvalue weighted by atomic mass is 10.0. The van der Waals surface area contributed by atoms with Gasteiger partial charge in [0.15, 0.2) is 11.5 Å². The molecule has 1 amide bonds. The minimum Gasteiger partial charge on any atom is -0.486 e. The number of fused-ring (bicyclic) bond motifs is 1. The predicted molar refractivity (Wildman–Crippen MR) is 69.9 cm³/mol. The molecule has 0 aromatic heterocycles. The van der Waals surface area contributed by atoms with Crippen LogP contribution >= 0.6 is 0 Å². The molecule has 1 aromatic rings. The number of ether oxygens (including phenoxy) is 2. The fourth-order valence-corrected chi connectivity index (χ4v) is 2.31. The third kappa shape index (κ3) is 2.24. The van der Waals surface area contributed by atoms with Crippen LogP contribution in [0.4, 0.5) is 0 Å². The summed E-state index contributed by atoms with van der Waals surface area (Å²) in [5.41, 5.74) is 0.791. The van der Waals surface area contributed by atoms with Crippen LogP contribution in [0.3, 0.4) is 0 Å². The second-order valence-electron chi connectivity index (χ2n) is 4.77. The number of nitrogens with one attached hydrogen (secondary N) is 1. The Bertz CT molecular complexity index is 579. The van der Waals surface area contributed by atoms with E-state index in [4.69, 9.17) is 9.47 Å². The summed E-state index contributed by atoms with van der Waals surface area (Å²) in [5, 5.41) is 2.98. The van der Waals surface area contributed by atoms with Gasteiger partial charge in [-0.25, -0.2) is 0 Å². The van der Waals surface area contributed by atoms with Crippen molar-refractivity contribution in [3.8, 4) is 23.3 Å². The van der Waals surface area contributed by atoms with Crippen LogP contribution in [-0.2, 0) is 10.3 Å². The van der Waals surface area contributed by atoms with Crippen molar-refractivity contribution < 1.29 is 14.3 Å². The average molecular weight is 257 g/mol. The highest BCUT2D eigenvalue weighted by atomic mass is 16.6. The molecule has 3 rings (SSSR count). The maximum absolute atomic E-state index is 11.6. The van der Waals surface area contributed by atoms with Gasteiger partial charge in [-0.05, 0) is 43.4 Å². The maximum Gasteiger partial charge on any atom is 0.296 e. The number of benzene rings is 1. The smallest absolute Gasteiger partial charge is 0.296 e. The van der Waals surface area contributed by atoms with E-state index < -0.39 is 0 Å². The SMILES string of the molecule is CC#CC(=O)NC1(c2ccc3c(c2)OCCO3)CC1. The fourth-order valence-electron chi connectivity index (χ4n) is 2.31. The zero-order valence-electron chi connectivity index (χ0n) is 10.8. The van der Waals surface area contributed by atoms with Gasteiger partial charge in [-0.3, -0.25) is 4.79 Å². The van der Waals surface area contributed by atoms with Gasteiger partial charge in [0, 0.05) is 0 Å². The summed E-state index contributed by atoms with van der Waals surface area (Å²) < 4.78 is 11.1. The molecule has 4 nitrogen and oxygen atoms in total. The van der Waals surface area contributed by atoms with E-state index in [1.807, 2.05) is 18.2 Å². The molecular formula is C15H15NO3. The molecule has 98 valence electrons. The number of carbonyl (C=O) groups excluding carboxylic acids is 1. The quantitative estimate of drug-likeness (QED) is 0.818. The summed E-state index contributed by atoms with van der Waals surface area (Å²) >= 11 is 0. The molecule has 1 aromatic carbocycles. The highest BCUT2D eigenvalue weighted by molar-refractivity contribution is 5.94. The van der Waals surface area contributed by atoms with Crippen LogP contribution < -0.4 is 14.8 Å². The molecule has 1 aliphatic carbocycles. The van der Waals surface area contributed by atoms with E-state index >= 15 is 0 Å². The van der Waals surface area contributed by atoms with Gasteiger partial charge in [0.05, 0.1) is 5.54 Å². The Hall–Kier alpha value is -2.15. The third-order valence-electron chi connectivity index (χ3n) is 3.44. The van der Waals surface area contributed by atoms with E-state index in [1.165, 1.54) is 0 Å². The molecule has 1 aliphatic heterocycles. The van der Waals surface area contributed by atoms with Crippen LogP contribution in [0.5, 0.6) is 11.5 Å². The average Bonchev–Trinajstić information content (AvgIpc) is 3.19. The Labute approximate surface area is 112 Å². The normalized spacial score (nSPS) is 17.9. The van der Waals surface area contributed by atoms with E-state index in [2.05, 4.69) is 17.2 Å². The highest BCUT2D eigenvalue weighted by Gasteiger charge is 2.46. The summed E-state index contributed by atoms with van der Waals surface area (Å²) in [7, 11) is 0. The molecule has 1 saturated carbocycles. The van der Waals surface area contributed by atoms with Crippen LogP contribution in [0.15, 0.2) is 18.2 Å². The van der Waals surface area contributed by atoms with E-state index in [1.54, 1.807) is 6.92 Å².